The van der Waals surface area contributed by atoms with Crippen molar-refractivity contribution in [2.75, 3.05) is 5.32 Å². The smallest absolute Gasteiger partial charge is 0.255 e. The first-order chi connectivity index (χ1) is 9.51. The third-order valence-electron chi connectivity index (χ3n) is 2.77. The number of halogens is 2. The van der Waals surface area contributed by atoms with E-state index in [0.29, 0.717) is 26.9 Å². The molecule has 0 saturated heterocycles. The lowest BCUT2D eigenvalue weighted by Crippen LogP contribution is -2.12. The van der Waals surface area contributed by atoms with Crippen LogP contribution in [0.2, 0.25) is 10.0 Å². The second kappa shape index (κ2) is 5.96. The molecule has 3 nitrogen and oxygen atoms in total. The molecular formula is C15H10Cl2N2O. The quantitative estimate of drug-likeness (QED) is 0.892. The molecular weight excluding hydrogens is 295 g/mol. The minimum absolute atomic E-state index is 0.309. The maximum atomic E-state index is 12.1. The van der Waals surface area contributed by atoms with Crippen molar-refractivity contribution >= 4 is 34.8 Å². The monoisotopic (exact) mass is 304 g/mol. The summed E-state index contributed by atoms with van der Waals surface area (Å²) >= 11 is 12.1. The Balaban J connectivity index is 2.23. The molecule has 1 N–H and O–H groups in total. The van der Waals surface area contributed by atoms with Gasteiger partial charge >= 0.3 is 0 Å². The molecule has 0 radical (unpaired) electrons. The number of amides is 1. The lowest BCUT2D eigenvalue weighted by Gasteiger charge is -2.09. The van der Waals surface area contributed by atoms with Gasteiger partial charge in [0.1, 0.15) is 0 Å². The summed E-state index contributed by atoms with van der Waals surface area (Å²) in [5, 5.41) is 12.4. The predicted octanol–water partition coefficient (Wildman–Crippen LogP) is 4.43. The number of hydrogen-bond donors (Lipinski definition) is 1. The van der Waals surface area contributed by atoms with Gasteiger partial charge in [0.25, 0.3) is 5.91 Å². The average Bonchev–Trinajstić information content (AvgIpc) is 2.44. The molecule has 2 aromatic rings. The van der Waals surface area contributed by atoms with Gasteiger partial charge in [-0.25, -0.2) is 0 Å². The van der Waals surface area contributed by atoms with Crippen molar-refractivity contribution in [2.45, 2.75) is 6.92 Å². The van der Waals surface area contributed by atoms with Gasteiger partial charge in [-0.05, 0) is 48.9 Å². The molecule has 2 rings (SSSR count). The summed E-state index contributed by atoms with van der Waals surface area (Å²) in [4.78, 5) is 12.1. The van der Waals surface area contributed by atoms with Gasteiger partial charge < -0.3 is 5.32 Å². The van der Waals surface area contributed by atoms with Crippen LogP contribution in [-0.2, 0) is 0 Å². The minimum atomic E-state index is -0.309. The van der Waals surface area contributed by atoms with E-state index in [1.54, 1.807) is 36.4 Å². The SMILES string of the molecule is Cc1cc(Cl)c(NC(=O)c2ccc(C#N)cc2)cc1Cl. The number of rotatable bonds is 2. The summed E-state index contributed by atoms with van der Waals surface area (Å²) in [6.07, 6.45) is 0. The Bertz CT molecular complexity index is 703. The molecule has 0 aliphatic rings. The second-order valence-electron chi connectivity index (χ2n) is 4.22. The third-order valence-corrected chi connectivity index (χ3v) is 3.49. The summed E-state index contributed by atoms with van der Waals surface area (Å²) < 4.78 is 0. The maximum Gasteiger partial charge on any atom is 0.255 e. The first-order valence-electron chi connectivity index (χ1n) is 5.78. The summed E-state index contributed by atoms with van der Waals surface area (Å²) in [5.41, 5.74) is 2.24. The number of nitrogens with one attached hydrogen (secondary N) is 1. The van der Waals surface area contributed by atoms with Gasteiger partial charge in [-0.1, -0.05) is 23.2 Å². The minimum Gasteiger partial charge on any atom is -0.321 e. The highest BCUT2D eigenvalue weighted by atomic mass is 35.5. The van der Waals surface area contributed by atoms with Gasteiger partial charge in [-0.2, -0.15) is 5.26 Å². The van der Waals surface area contributed by atoms with E-state index in [9.17, 15) is 4.79 Å². The number of anilines is 1. The van der Waals surface area contributed by atoms with Crippen LogP contribution in [0.3, 0.4) is 0 Å². The van der Waals surface area contributed by atoms with Crippen molar-refractivity contribution in [1.82, 2.24) is 0 Å². The molecule has 1 amide bonds. The Labute approximate surface area is 126 Å². The van der Waals surface area contributed by atoms with Crippen LogP contribution >= 0.6 is 23.2 Å². The molecule has 0 heterocycles. The van der Waals surface area contributed by atoms with Gasteiger partial charge in [0.2, 0.25) is 0 Å². The van der Waals surface area contributed by atoms with Crippen LogP contribution in [-0.4, -0.2) is 5.91 Å². The van der Waals surface area contributed by atoms with Gasteiger partial charge in [-0.3, -0.25) is 4.79 Å². The molecule has 0 aromatic heterocycles. The molecule has 100 valence electrons. The molecule has 0 aliphatic heterocycles. The molecule has 2 aromatic carbocycles. The Morgan fingerprint density at radius 1 is 1.15 bits per heavy atom. The Kier molecular flexibility index (Phi) is 4.29. The molecule has 0 atom stereocenters. The van der Waals surface area contributed by atoms with Crippen LogP contribution in [0.25, 0.3) is 0 Å². The zero-order valence-corrected chi connectivity index (χ0v) is 12.1. The fourth-order valence-corrected chi connectivity index (χ4v) is 2.06. The van der Waals surface area contributed by atoms with Crippen LogP contribution in [0.1, 0.15) is 21.5 Å². The molecule has 0 spiro atoms. The zero-order valence-electron chi connectivity index (χ0n) is 10.6. The van der Waals surface area contributed by atoms with Crippen molar-refractivity contribution < 1.29 is 4.79 Å². The molecule has 0 unspecified atom stereocenters. The summed E-state index contributed by atoms with van der Waals surface area (Å²) in [6, 6.07) is 11.6. The lowest BCUT2D eigenvalue weighted by molar-refractivity contribution is 0.102. The van der Waals surface area contributed by atoms with Crippen LogP contribution in [0.5, 0.6) is 0 Å². The second-order valence-corrected chi connectivity index (χ2v) is 5.04. The topological polar surface area (TPSA) is 52.9 Å². The van der Waals surface area contributed by atoms with Crippen molar-refractivity contribution in [3.8, 4) is 6.07 Å². The van der Waals surface area contributed by atoms with E-state index >= 15 is 0 Å². The van der Waals surface area contributed by atoms with E-state index in [-0.39, 0.29) is 5.91 Å². The highest BCUT2D eigenvalue weighted by molar-refractivity contribution is 6.36. The lowest BCUT2D eigenvalue weighted by atomic mass is 10.1. The van der Waals surface area contributed by atoms with Crippen molar-refractivity contribution in [3.63, 3.8) is 0 Å². The average molecular weight is 305 g/mol. The van der Waals surface area contributed by atoms with E-state index in [2.05, 4.69) is 5.32 Å². The van der Waals surface area contributed by atoms with Gasteiger partial charge in [0.15, 0.2) is 0 Å². The zero-order chi connectivity index (χ0) is 14.7. The number of benzene rings is 2. The Morgan fingerprint density at radius 2 is 1.80 bits per heavy atom. The van der Waals surface area contributed by atoms with E-state index in [1.807, 2.05) is 13.0 Å². The molecule has 0 fully saturated rings. The van der Waals surface area contributed by atoms with E-state index in [0.717, 1.165) is 5.56 Å². The largest absolute Gasteiger partial charge is 0.321 e. The molecule has 20 heavy (non-hydrogen) atoms. The van der Waals surface area contributed by atoms with Crippen molar-refractivity contribution in [2.24, 2.45) is 0 Å². The first kappa shape index (κ1) is 14.4. The van der Waals surface area contributed by atoms with Crippen molar-refractivity contribution in [3.05, 3.63) is 63.1 Å². The number of carbonyl (C=O) groups is 1. The summed E-state index contributed by atoms with van der Waals surface area (Å²) in [5.74, 6) is -0.309. The van der Waals surface area contributed by atoms with Gasteiger partial charge in [-0.15, -0.1) is 0 Å². The normalized spacial score (nSPS) is 9.90. The standard InChI is InChI=1S/C15H10Cl2N2O/c1-9-6-13(17)14(7-12(9)16)19-15(20)11-4-2-10(8-18)3-5-11/h2-7H,1H3,(H,19,20). The number of aryl methyl sites for hydroxylation is 1. The number of hydrogen-bond acceptors (Lipinski definition) is 2. The summed E-state index contributed by atoms with van der Waals surface area (Å²) in [6.45, 7) is 1.83. The third kappa shape index (κ3) is 3.11. The van der Waals surface area contributed by atoms with Crippen molar-refractivity contribution in [1.29, 1.82) is 5.26 Å². The van der Waals surface area contributed by atoms with E-state index in [4.69, 9.17) is 28.5 Å². The number of carbonyl (C=O) groups excluding carboxylic acids is 1. The molecule has 5 heteroatoms. The summed E-state index contributed by atoms with van der Waals surface area (Å²) in [7, 11) is 0. The Hall–Kier alpha value is -2.02. The van der Waals surface area contributed by atoms with Crippen LogP contribution in [0.4, 0.5) is 5.69 Å². The molecule has 0 aliphatic carbocycles. The number of nitriles is 1. The Morgan fingerprint density at radius 3 is 2.40 bits per heavy atom. The van der Waals surface area contributed by atoms with Crippen LogP contribution in [0, 0.1) is 18.3 Å². The molecule has 0 bridgehead atoms. The van der Waals surface area contributed by atoms with Crippen LogP contribution in [0.15, 0.2) is 36.4 Å². The fourth-order valence-electron chi connectivity index (χ4n) is 1.63. The fraction of sp³-hybridized carbons (Fsp3) is 0.0667. The van der Waals surface area contributed by atoms with Crippen LogP contribution < -0.4 is 5.32 Å². The first-order valence-corrected chi connectivity index (χ1v) is 6.54. The highest BCUT2D eigenvalue weighted by Crippen LogP contribution is 2.29. The predicted molar refractivity (Wildman–Crippen MR) is 80.3 cm³/mol. The van der Waals surface area contributed by atoms with E-state index < -0.39 is 0 Å². The van der Waals surface area contributed by atoms with E-state index in [1.165, 1.54) is 0 Å². The maximum absolute atomic E-state index is 12.1. The highest BCUT2D eigenvalue weighted by Gasteiger charge is 2.10. The molecule has 0 saturated carbocycles. The van der Waals surface area contributed by atoms with Gasteiger partial charge in [0, 0.05) is 10.6 Å². The van der Waals surface area contributed by atoms with Gasteiger partial charge in [0.05, 0.1) is 22.3 Å². The number of nitrogens with zero attached hydrogens (tertiary/aromatic N) is 1.